The first-order valence-electron chi connectivity index (χ1n) is 6.16. The van der Waals surface area contributed by atoms with Crippen molar-refractivity contribution in [2.75, 3.05) is 14.2 Å². The Kier molecular flexibility index (Phi) is 4.30. The molecular formula is C15H16O5. The molecule has 0 unspecified atom stereocenters. The molecule has 0 saturated carbocycles. The molecule has 5 heteroatoms. The van der Waals surface area contributed by atoms with Crippen molar-refractivity contribution in [3.63, 3.8) is 0 Å². The van der Waals surface area contributed by atoms with Crippen molar-refractivity contribution >= 4 is 5.97 Å². The monoisotopic (exact) mass is 276 g/mol. The molecule has 0 spiro atoms. The largest absolute Gasteiger partial charge is 0.493 e. The molecule has 0 atom stereocenters. The molecule has 1 N–H and O–H groups in total. The van der Waals surface area contributed by atoms with Crippen molar-refractivity contribution in [1.29, 1.82) is 0 Å². The van der Waals surface area contributed by atoms with Crippen LogP contribution in [-0.2, 0) is 11.2 Å². The molecule has 0 aliphatic carbocycles. The highest BCUT2D eigenvalue weighted by atomic mass is 16.5. The summed E-state index contributed by atoms with van der Waals surface area (Å²) in [7, 11) is 3.08. The predicted octanol–water partition coefficient (Wildman–Crippen LogP) is 2.98. The second-order valence-electron chi connectivity index (χ2n) is 4.24. The smallest absolute Gasteiger partial charge is 0.303 e. The van der Waals surface area contributed by atoms with Crippen LogP contribution in [0.4, 0.5) is 0 Å². The van der Waals surface area contributed by atoms with Gasteiger partial charge in [-0.3, -0.25) is 4.79 Å². The Bertz CT molecular complexity index is 587. The lowest BCUT2D eigenvalue weighted by molar-refractivity contribution is -0.136. The molecule has 2 aromatic rings. The lowest BCUT2D eigenvalue weighted by atomic mass is 10.0. The Balaban J connectivity index is 2.45. The van der Waals surface area contributed by atoms with Crippen molar-refractivity contribution in [3.05, 3.63) is 36.1 Å². The zero-order chi connectivity index (χ0) is 14.5. The number of carboxylic acids is 1. The summed E-state index contributed by atoms with van der Waals surface area (Å²) < 4.78 is 16.0. The van der Waals surface area contributed by atoms with Crippen LogP contribution in [0.2, 0.25) is 0 Å². The van der Waals surface area contributed by atoms with Crippen molar-refractivity contribution in [1.82, 2.24) is 0 Å². The highest BCUT2D eigenvalue weighted by Crippen LogP contribution is 2.37. The Morgan fingerprint density at radius 1 is 1.30 bits per heavy atom. The molecule has 0 saturated heterocycles. The van der Waals surface area contributed by atoms with E-state index in [9.17, 15) is 4.79 Å². The maximum atomic E-state index is 10.7. The Hall–Kier alpha value is -2.43. The molecular weight excluding hydrogens is 260 g/mol. The van der Waals surface area contributed by atoms with E-state index in [4.69, 9.17) is 19.0 Å². The molecule has 106 valence electrons. The van der Waals surface area contributed by atoms with Gasteiger partial charge in [-0.15, -0.1) is 0 Å². The van der Waals surface area contributed by atoms with E-state index >= 15 is 0 Å². The van der Waals surface area contributed by atoms with Crippen LogP contribution in [0.3, 0.4) is 0 Å². The molecule has 1 aromatic heterocycles. The second-order valence-corrected chi connectivity index (χ2v) is 4.24. The summed E-state index contributed by atoms with van der Waals surface area (Å²) in [5.41, 5.74) is 1.61. The van der Waals surface area contributed by atoms with E-state index < -0.39 is 5.97 Å². The van der Waals surface area contributed by atoms with E-state index in [1.54, 1.807) is 19.4 Å². The predicted molar refractivity (Wildman–Crippen MR) is 73.2 cm³/mol. The van der Waals surface area contributed by atoms with Gasteiger partial charge in [0.1, 0.15) is 5.76 Å². The van der Waals surface area contributed by atoms with Gasteiger partial charge >= 0.3 is 5.97 Å². The Morgan fingerprint density at radius 2 is 2.10 bits per heavy atom. The van der Waals surface area contributed by atoms with Gasteiger partial charge < -0.3 is 19.0 Å². The molecule has 2 rings (SSSR count). The Labute approximate surface area is 116 Å². The van der Waals surface area contributed by atoms with Gasteiger partial charge in [0.05, 0.1) is 20.5 Å². The quantitative estimate of drug-likeness (QED) is 0.878. The number of carboxylic acid groups (broad SMARTS) is 1. The number of carbonyl (C=O) groups is 1. The molecule has 0 fully saturated rings. The summed E-state index contributed by atoms with van der Waals surface area (Å²) in [6.45, 7) is 0. The SMILES string of the molecule is COc1cc(-c2ccco2)cc(CCC(=O)O)c1OC. The van der Waals surface area contributed by atoms with Crippen LogP contribution in [0.15, 0.2) is 34.9 Å². The van der Waals surface area contributed by atoms with Crippen LogP contribution in [0.5, 0.6) is 11.5 Å². The van der Waals surface area contributed by atoms with Crippen molar-refractivity contribution < 1.29 is 23.8 Å². The van der Waals surface area contributed by atoms with Crippen molar-refractivity contribution in [2.24, 2.45) is 0 Å². The zero-order valence-corrected chi connectivity index (χ0v) is 11.4. The maximum Gasteiger partial charge on any atom is 0.303 e. The minimum absolute atomic E-state index is 0.0289. The van der Waals surface area contributed by atoms with Crippen molar-refractivity contribution in [2.45, 2.75) is 12.8 Å². The first-order chi connectivity index (χ1) is 9.65. The minimum atomic E-state index is -0.852. The second kappa shape index (κ2) is 6.14. The molecule has 0 radical (unpaired) electrons. The fraction of sp³-hybridized carbons (Fsp3) is 0.267. The first-order valence-corrected chi connectivity index (χ1v) is 6.16. The third-order valence-corrected chi connectivity index (χ3v) is 2.97. The van der Waals surface area contributed by atoms with Crippen LogP contribution in [0.25, 0.3) is 11.3 Å². The number of aliphatic carboxylic acids is 1. The van der Waals surface area contributed by atoms with E-state index in [0.717, 1.165) is 11.1 Å². The molecule has 20 heavy (non-hydrogen) atoms. The number of methoxy groups -OCH3 is 2. The maximum absolute atomic E-state index is 10.7. The Morgan fingerprint density at radius 3 is 2.65 bits per heavy atom. The van der Waals surface area contributed by atoms with Gasteiger partial charge in [0.2, 0.25) is 0 Å². The normalized spacial score (nSPS) is 10.3. The first kappa shape index (κ1) is 14.0. The van der Waals surface area contributed by atoms with E-state index in [1.165, 1.54) is 7.11 Å². The molecule has 5 nitrogen and oxygen atoms in total. The van der Waals surface area contributed by atoms with Gasteiger partial charge in [0, 0.05) is 12.0 Å². The van der Waals surface area contributed by atoms with Crippen LogP contribution in [0.1, 0.15) is 12.0 Å². The van der Waals surface area contributed by atoms with Crippen LogP contribution in [0, 0.1) is 0 Å². The third kappa shape index (κ3) is 2.93. The fourth-order valence-electron chi connectivity index (χ4n) is 2.06. The number of rotatable bonds is 6. The fourth-order valence-corrected chi connectivity index (χ4v) is 2.06. The highest BCUT2D eigenvalue weighted by Gasteiger charge is 2.15. The van der Waals surface area contributed by atoms with Gasteiger partial charge in [0.15, 0.2) is 11.5 Å². The summed E-state index contributed by atoms with van der Waals surface area (Å²) in [5, 5.41) is 8.83. The topological polar surface area (TPSA) is 68.9 Å². The van der Waals surface area contributed by atoms with Crippen LogP contribution >= 0.6 is 0 Å². The number of ether oxygens (including phenoxy) is 2. The standard InChI is InChI=1S/C15H16O5/c1-18-13-9-11(12-4-3-7-20-12)8-10(15(13)19-2)5-6-14(16)17/h3-4,7-9H,5-6H2,1-2H3,(H,16,17). The van der Waals surface area contributed by atoms with E-state index in [1.807, 2.05) is 18.2 Å². The molecule has 0 aliphatic rings. The van der Waals surface area contributed by atoms with Gasteiger partial charge in [-0.2, -0.15) is 0 Å². The lowest BCUT2D eigenvalue weighted by Crippen LogP contribution is -2.01. The summed E-state index contributed by atoms with van der Waals surface area (Å²) in [6, 6.07) is 7.30. The van der Waals surface area contributed by atoms with Gasteiger partial charge in [-0.05, 0) is 36.2 Å². The minimum Gasteiger partial charge on any atom is -0.493 e. The molecule has 0 amide bonds. The van der Waals surface area contributed by atoms with Gasteiger partial charge in [0.25, 0.3) is 0 Å². The van der Waals surface area contributed by atoms with E-state index in [2.05, 4.69) is 0 Å². The zero-order valence-electron chi connectivity index (χ0n) is 11.4. The van der Waals surface area contributed by atoms with E-state index in [0.29, 0.717) is 23.7 Å². The van der Waals surface area contributed by atoms with Gasteiger partial charge in [-0.1, -0.05) is 0 Å². The summed E-state index contributed by atoms with van der Waals surface area (Å²) in [5.74, 6) is 0.961. The number of hydrogen-bond donors (Lipinski definition) is 1. The highest BCUT2D eigenvalue weighted by molar-refractivity contribution is 5.69. The molecule has 1 aromatic carbocycles. The van der Waals surface area contributed by atoms with E-state index in [-0.39, 0.29) is 6.42 Å². The van der Waals surface area contributed by atoms with Crippen LogP contribution < -0.4 is 9.47 Å². The number of benzene rings is 1. The average molecular weight is 276 g/mol. The average Bonchev–Trinajstić information content (AvgIpc) is 2.97. The summed E-state index contributed by atoms with van der Waals surface area (Å²) in [6.07, 6.45) is 1.98. The molecule has 1 heterocycles. The van der Waals surface area contributed by atoms with Crippen molar-refractivity contribution in [3.8, 4) is 22.8 Å². The van der Waals surface area contributed by atoms with Crippen LogP contribution in [-0.4, -0.2) is 25.3 Å². The number of hydrogen-bond acceptors (Lipinski definition) is 4. The summed E-state index contributed by atoms with van der Waals surface area (Å²) in [4.78, 5) is 10.7. The third-order valence-electron chi connectivity index (χ3n) is 2.97. The molecule has 0 aliphatic heterocycles. The van der Waals surface area contributed by atoms with Gasteiger partial charge in [-0.25, -0.2) is 0 Å². The number of furan rings is 1. The lowest BCUT2D eigenvalue weighted by Gasteiger charge is -2.14. The molecule has 0 bridgehead atoms. The number of aryl methyl sites for hydroxylation is 1. The summed E-state index contributed by atoms with van der Waals surface area (Å²) >= 11 is 0.